The largest absolute Gasteiger partial charge is 0.478 e. The van der Waals surface area contributed by atoms with Gasteiger partial charge in [-0.15, -0.1) is 0 Å². The van der Waals surface area contributed by atoms with Crippen molar-refractivity contribution in [3.8, 4) is 22.4 Å². The van der Waals surface area contributed by atoms with Crippen LogP contribution >= 0.6 is 0 Å². The zero-order chi connectivity index (χ0) is 18.3. The van der Waals surface area contributed by atoms with Gasteiger partial charge in [0.1, 0.15) is 17.3 Å². The Hall–Kier alpha value is -3.54. The summed E-state index contributed by atoms with van der Waals surface area (Å²) in [6.07, 6.45) is 3.34. The molecule has 0 radical (unpaired) electrons. The van der Waals surface area contributed by atoms with E-state index < -0.39 is 17.6 Å². The van der Waals surface area contributed by atoms with Crippen LogP contribution in [0.3, 0.4) is 0 Å². The first-order chi connectivity index (χ1) is 12.5. The van der Waals surface area contributed by atoms with Gasteiger partial charge >= 0.3 is 5.97 Å². The van der Waals surface area contributed by atoms with Gasteiger partial charge in [-0.05, 0) is 29.8 Å². The highest BCUT2D eigenvalue weighted by molar-refractivity contribution is 5.89. The fourth-order valence-electron chi connectivity index (χ4n) is 2.89. The van der Waals surface area contributed by atoms with Crippen LogP contribution in [-0.4, -0.2) is 20.5 Å². The van der Waals surface area contributed by atoms with Crippen molar-refractivity contribution in [1.29, 1.82) is 0 Å². The van der Waals surface area contributed by atoms with Crippen molar-refractivity contribution in [2.75, 3.05) is 0 Å². The van der Waals surface area contributed by atoms with Gasteiger partial charge in [0.15, 0.2) is 0 Å². The number of halogens is 2. The minimum Gasteiger partial charge on any atom is -0.478 e. The monoisotopic (exact) mass is 350 g/mol. The molecule has 128 valence electrons. The van der Waals surface area contributed by atoms with E-state index in [1.165, 1.54) is 24.3 Å². The summed E-state index contributed by atoms with van der Waals surface area (Å²) in [5.74, 6) is -2.34. The third-order valence-electron chi connectivity index (χ3n) is 4.13. The predicted molar refractivity (Wildman–Crippen MR) is 92.9 cm³/mol. The number of imidazole rings is 1. The Morgan fingerprint density at radius 1 is 0.962 bits per heavy atom. The Morgan fingerprint density at radius 2 is 1.73 bits per heavy atom. The van der Waals surface area contributed by atoms with Gasteiger partial charge in [0, 0.05) is 29.6 Å². The molecule has 4 rings (SSSR count). The number of carboxylic acid groups (broad SMARTS) is 1. The molecular weight excluding hydrogens is 338 g/mol. The molecular formula is C20H12F2N2O2. The van der Waals surface area contributed by atoms with E-state index in [2.05, 4.69) is 4.98 Å². The van der Waals surface area contributed by atoms with Crippen molar-refractivity contribution in [1.82, 2.24) is 9.38 Å². The number of nitrogens with zero attached hydrogens (tertiary/aromatic N) is 2. The van der Waals surface area contributed by atoms with Crippen LogP contribution in [0.1, 0.15) is 10.4 Å². The average Bonchev–Trinajstić information content (AvgIpc) is 3.05. The summed E-state index contributed by atoms with van der Waals surface area (Å²) < 4.78 is 29.2. The number of pyridine rings is 1. The summed E-state index contributed by atoms with van der Waals surface area (Å²) in [4.78, 5) is 15.6. The molecule has 0 spiro atoms. The number of carbonyl (C=O) groups is 1. The van der Waals surface area contributed by atoms with Gasteiger partial charge in [0.25, 0.3) is 0 Å². The van der Waals surface area contributed by atoms with Gasteiger partial charge in [-0.1, -0.05) is 24.3 Å². The van der Waals surface area contributed by atoms with Crippen LogP contribution in [0.15, 0.2) is 67.0 Å². The Labute approximate surface area is 147 Å². The summed E-state index contributed by atoms with van der Waals surface area (Å²) >= 11 is 0. The lowest BCUT2D eigenvalue weighted by Gasteiger charge is -2.08. The molecule has 0 amide bonds. The first-order valence-corrected chi connectivity index (χ1v) is 7.80. The lowest BCUT2D eigenvalue weighted by Crippen LogP contribution is -1.96. The molecule has 6 heteroatoms. The Morgan fingerprint density at radius 3 is 2.46 bits per heavy atom. The molecule has 0 saturated carbocycles. The molecule has 0 bridgehead atoms. The molecule has 0 aliphatic rings. The second-order valence-electron chi connectivity index (χ2n) is 5.78. The second kappa shape index (κ2) is 6.07. The Kier molecular flexibility index (Phi) is 3.73. The minimum atomic E-state index is -1.04. The van der Waals surface area contributed by atoms with Crippen molar-refractivity contribution in [3.63, 3.8) is 0 Å². The highest BCUT2D eigenvalue weighted by Gasteiger charge is 2.14. The first kappa shape index (κ1) is 16.0. The van der Waals surface area contributed by atoms with Crippen LogP contribution in [0.5, 0.6) is 0 Å². The highest BCUT2D eigenvalue weighted by Crippen LogP contribution is 2.33. The Bertz CT molecular complexity index is 1150. The van der Waals surface area contributed by atoms with Gasteiger partial charge in [-0.3, -0.25) is 0 Å². The number of rotatable bonds is 3. The van der Waals surface area contributed by atoms with Gasteiger partial charge < -0.3 is 9.51 Å². The van der Waals surface area contributed by atoms with Crippen molar-refractivity contribution in [3.05, 3.63) is 84.2 Å². The fraction of sp³-hybridized carbons (Fsp3) is 0. The molecule has 0 unspecified atom stereocenters. The minimum absolute atomic E-state index is 0.132. The highest BCUT2D eigenvalue weighted by atomic mass is 19.1. The SMILES string of the molecule is O=C(O)c1ccn2cc(-c3ccccc3-c3ccc(F)cc3F)nc2c1. The third-order valence-corrected chi connectivity index (χ3v) is 4.13. The average molecular weight is 350 g/mol. The summed E-state index contributed by atoms with van der Waals surface area (Å²) in [5.41, 5.74) is 2.67. The molecule has 2 heterocycles. The number of hydrogen-bond acceptors (Lipinski definition) is 2. The van der Waals surface area contributed by atoms with Crippen LogP contribution in [0.2, 0.25) is 0 Å². The summed E-state index contributed by atoms with van der Waals surface area (Å²) in [5, 5.41) is 9.10. The molecule has 1 N–H and O–H groups in total. The standard InChI is InChI=1S/C20H12F2N2O2/c21-13-5-6-15(17(22)10-13)14-3-1-2-4-16(14)18-11-24-8-7-12(20(25)26)9-19(24)23-18/h1-11H,(H,25,26). The summed E-state index contributed by atoms with van der Waals surface area (Å²) in [6, 6.07) is 13.5. The lowest BCUT2D eigenvalue weighted by molar-refractivity contribution is 0.0697. The van der Waals surface area contributed by atoms with Crippen LogP contribution in [0.4, 0.5) is 8.78 Å². The number of benzene rings is 2. The molecule has 0 atom stereocenters. The Balaban J connectivity index is 1.89. The summed E-state index contributed by atoms with van der Waals surface area (Å²) in [6.45, 7) is 0. The molecule has 2 aromatic heterocycles. The van der Waals surface area contributed by atoms with E-state index in [9.17, 15) is 13.6 Å². The zero-order valence-corrected chi connectivity index (χ0v) is 13.4. The molecule has 2 aromatic carbocycles. The maximum absolute atomic E-state index is 14.2. The van der Waals surface area contributed by atoms with Crippen LogP contribution < -0.4 is 0 Å². The second-order valence-corrected chi connectivity index (χ2v) is 5.78. The van der Waals surface area contributed by atoms with Crippen molar-refractivity contribution < 1.29 is 18.7 Å². The third kappa shape index (κ3) is 2.71. The topological polar surface area (TPSA) is 54.6 Å². The van der Waals surface area contributed by atoms with E-state index in [0.29, 0.717) is 22.5 Å². The van der Waals surface area contributed by atoms with E-state index in [1.54, 1.807) is 41.1 Å². The predicted octanol–water partition coefficient (Wildman–Crippen LogP) is 4.64. The maximum Gasteiger partial charge on any atom is 0.335 e. The van der Waals surface area contributed by atoms with Crippen molar-refractivity contribution in [2.45, 2.75) is 0 Å². The number of aromatic carboxylic acids is 1. The van der Waals surface area contributed by atoms with E-state index >= 15 is 0 Å². The number of fused-ring (bicyclic) bond motifs is 1. The van der Waals surface area contributed by atoms with E-state index in [0.717, 1.165) is 6.07 Å². The van der Waals surface area contributed by atoms with E-state index in [1.807, 2.05) is 0 Å². The van der Waals surface area contributed by atoms with E-state index in [-0.39, 0.29) is 11.1 Å². The fourth-order valence-corrected chi connectivity index (χ4v) is 2.89. The number of carboxylic acids is 1. The molecule has 0 fully saturated rings. The van der Waals surface area contributed by atoms with Crippen LogP contribution in [0, 0.1) is 11.6 Å². The van der Waals surface area contributed by atoms with Gasteiger partial charge in [-0.25, -0.2) is 18.6 Å². The molecule has 26 heavy (non-hydrogen) atoms. The smallest absolute Gasteiger partial charge is 0.335 e. The molecule has 0 aliphatic carbocycles. The number of hydrogen-bond donors (Lipinski definition) is 1. The van der Waals surface area contributed by atoms with Gasteiger partial charge in [0.2, 0.25) is 0 Å². The molecule has 4 nitrogen and oxygen atoms in total. The van der Waals surface area contributed by atoms with Gasteiger partial charge in [-0.2, -0.15) is 0 Å². The number of aromatic nitrogens is 2. The van der Waals surface area contributed by atoms with Crippen LogP contribution in [-0.2, 0) is 0 Å². The maximum atomic E-state index is 14.2. The van der Waals surface area contributed by atoms with Crippen LogP contribution in [0.25, 0.3) is 28.0 Å². The molecule has 4 aromatic rings. The molecule has 0 saturated heterocycles. The summed E-state index contributed by atoms with van der Waals surface area (Å²) in [7, 11) is 0. The quantitative estimate of drug-likeness (QED) is 0.585. The van der Waals surface area contributed by atoms with Gasteiger partial charge in [0.05, 0.1) is 11.3 Å². The van der Waals surface area contributed by atoms with Crippen molar-refractivity contribution >= 4 is 11.6 Å². The molecule has 0 aliphatic heterocycles. The first-order valence-electron chi connectivity index (χ1n) is 7.80. The van der Waals surface area contributed by atoms with E-state index in [4.69, 9.17) is 5.11 Å². The lowest BCUT2D eigenvalue weighted by atomic mass is 9.97. The van der Waals surface area contributed by atoms with Crippen molar-refractivity contribution in [2.24, 2.45) is 0 Å². The zero-order valence-electron chi connectivity index (χ0n) is 13.4. The normalized spacial score (nSPS) is 11.0.